The lowest BCUT2D eigenvalue weighted by Gasteiger charge is -2.29. The van der Waals surface area contributed by atoms with Gasteiger partial charge in [0.05, 0.1) is 18.7 Å². The van der Waals surface area contributed by atoms with Gasteiger partial charge in [0.15, 0.2) is 5.11 Å². The zero-order valence-corrected chi connectivity index (χ0v) is 14.7. The number of fused-ring (bicyclic) bond motifs is 1. The number of ether oxygens (including phenoxy) is 1. The molecule has 1 aromatic carbocycles. The van der Waals surface area contributed by atoms with Gasteiger partial charge >= 0.3 is 0 Å². The van der Waals surface area contributed by atoms with Crippen molar-refractivity contribution in [2.75, 3.05) is 31.2 Å². The summed E-state index contributed by atoms with van der Waals surface area (Å²) in [5.41, 5.74) is 3.44. The van der Waals surface area contributed by atoms with Crippen molar-refractivity contribution in [2.45, 2.75) is 6.92 Å². The van der Waals surface area contributed by atoms with E-state index in [2.05, 4.69) is 40.7 Å². The highest BCUT2D eigenvalue weighted by Gasteiger charge is 2.22. The number of hydrogen-bond acceptors (Lipinski definition) is 5. The predicted molar refractivity (Wildman–Crippen MR) is 101 cm³/mol. The Hall–Kier alpha value is -2.51. The van der Waals surface area contributed by atoms with Gasteiger partial charge in [-0.25, -0.2) is 4.98 Å². The molecule has 0 aliphatic carbocycles. The average Bonchev–Trinajstić information content (AvgIpc) is 2.92. The third kappa shape index (κ3) is 3.20. The minimum absolute atomic E-state index is 0.220. The average molecular weight is 354 g/mol. The molecule has 2 saturated heterocycles. The summed E-state index contributed by atoms with van der Waals surface area (Å²) in [6, 6.07) is 8.26. The minimum atomic E-state index is -0.220. The number of anilines is 1. The standard InChI is InChI=1S/C18H18N4O2S/c1-11-2-3-14-12(8-11)9-13(10-15-17(23)21-18(25)20-15)16(19-14)22-4-6-24-7-5-22/h2-3,8-10H,4-7H2,1H3,(H2,20,21,23,25)/b15-10+. The van der Waals surface area contributed by atoms with E-state index in [9.17, 15) is 4.79 Å². The lowest BCUT2D eigenvalue weighted by molar-refractivity contribution is -0.115. The Kier molecular flexibility index (Phi) is 4.10. The molecule has 2 aliphatic heterocycles. The highest BCUT2D eigenvalue weighted by atomic mass is 32.1. The Morgan fingerprint density at radius 2 is 2.04 bits per heavy atom. The van der Waals surface area contributed by atoms with Crippen LogP contribution in [0.25, 0.3) is 17.0 Å². The molecule has 2 N–H and O–H groups in total. The first-order valence-corrected chi connectivity index (χ1v) is 8.59. The van der Waals surface area contributed by atoms with Crippen LogP contribution >= 0.6 is 12.2 Å². The Morgan fingerprint density at radius 3 is 2.76 bits per heavy atom. The molecule has 3 heterocycles. The first-order chi connectivity index (χ1) is 12.1. The van der Waals surface area contributed by atoms with Gasteiger partial charge < -0.3 is 15.0 Å². The number of morpholine rings is 1. The summed E-state index contributed by atoms with van der Waals surface area (Å²) in [6.07, 6.45) is 1.81. The van der Waals surface area contributed by atoms with Crippen molar-refractivity contribution in [2.24, 2.45) is 0 Å². The van der Waals surface area contributed by atoms with Crippen LogP contribution < -0.4 is 15.5 Å². The number of carbonyl (C=O) groups excluding carboxylic acids is 1. The zero-order chi connectivity index (χ0) is 17.4. The summed E-state index contributed by atoms with van der Waals surface area (Å²) in [7, 11) is 0. The lowest BCUT2D eigenvalue weighted by atomic mass is 10.1. The first kappa shape index (κ1) is 16.0. The van der Waals surface area contributed by atoms with E-state index in [1.807, 2.05) is 12.1 Å². The molecule has 2 fully saturated rings. The fourth-order valence-corrected chi connectivity index (χ4v) is 3.28. The molecule has 0 unspecified atom stereocenters. The Labute approximate surface area is 150 Å². The van der Waals surface area contributed by atoms with Gasteiger partial charge in [0.1, 0.15) is 11.5 Å². The number of benzene rings is 1. The van der Waals surface area contributed by atoms with Gasteiger partial charge in [-0.3, -0.25) is 10.1 Å². The van der Waals surface area contributed by atoms with Crippen molar-refractivity contribution >= 4 is 46.0 Å². The number of pyridine rings is 1. The molecule has 0 bridgehead atoms. The third-order valence-electron chi connectivity index (χ3n) is 4.31. The maximum Gasteiger partial charge on any atom is 0.273 e. The summed E-state index contributed by atoms with van der Waals surface area (Å²) in [5.74, 6) is 0.641. The third-order valence-corrected chi connectivity index (χ3v) is 4.51. The van der Waals surface area contributed by atoms with Crippen LogP contribution in [0.3, 0.4) is 0 Å². The number of hydrogen-bond donors (Lipinski definition) is 2. The Bertz CT molecular complexity index is 903. The van der Waals surface area contributed by atoms with Crippen molar-refractivity contribution in [3.63, 3.8) is 0 Å². The summed E-state index contributed by atoms with van der Waals surface area (Å²) in [4.78, 5) is 19.1. The van der Waals surface area contributed by atoms with Crippen molar-refractivity contribution in [1.29, 1.82) is 0 Å². The maximum absolute atomic E-state index is 12.0. The minimum Gasteiger partial charge on any atom is -0.378 e. The normalized spacial score (nSPS) is 19.4. The van der Waals surface area contributed by atoms with Gasteiger partial charge in [-0.1, -0.05) is 11.6 Å². The van der Waals surface area contributed by atoms with E-state index in [4.69, 9.17) is 21.9 Å². The number of rotatable bonds is 2. The second-order valence-corrected chi connectivity index (χ2v) is 6.57. The smallest absolute Gasteiger partial charge is 0.273 e. The van der Waals surface area contributed by atoms with Crippen LogP contribution in [0.4, 0.5) is 5.82 Å². The van der Waals surface area contributed by atoms with Crippen LogP contribution in [0.15, 0.2) is 30.0 Å². The molecule has 2 aromatic rings. The molecule has 4 rings (SSSR count). The van der Waals surface area contributed by atoms with Gasteiger partial charge in [-0.2, -0.15) is 0 Å². The summed E-state index contributed by atoms with van der Waals surface area (Å²) in [5, 5.41) is 6.87. The molecule has 128 valence electrons. The van der Waals surface area contributed by atoms with Crippen molar-refractivity contribution < 1.29 is 9.53 Å². The molecule has 1 amide bonds. The SMILES string of the molecule is Cc1ccc2nc(N3CCOCC3)c(/C=C3/NC(=S)NC3=O)cc2c1. The molecule has 0 spiro atoms. The summed E-state index contributed by atoms with van der Waals surface area (Å²) >= 11 is 5.02. The topological polar surface area (TPSA) is 66.5 Å². The fourth-order valence-electron chi connectivity index (χ4n) is 3.07. The number of nitrogens with zero attached hydrogens (tertiary/aromatic N) is 2. The number of nitrogens with one attached hydrogen (secondary N) is 2. The molecule has 7 heteroatoms. The van der Waals surface area contributed by atoms with E-state index in [1.54, 1.807) is 0 Å². The van der Waals surface area contributed by atoms with Crippen LogP contribution in [-0.2, 0) is 9.53 Å². The number of carbonyl (C=O) groups is 1. The number of thiocarbonyl (C=S) groups is 1. The largest absolute Gasteiger partial charge is 0.378 e. The maximum atomic E-state index is 12.0. The van der Waals surface area contributed by atoms with Gasteiger partial charge in [-0.15, -0.1) is 0 Å². The van der Waals surface area contributed by atoms with Gasteiger partial charge in [-0.05, 0) is 43.4 Å². The van der Waals surface area contributed by atoms with Crippen LogP contribution in [0, 0.1) is 6.92 Å². The highest BCUT2D eigenvalue weighted by Crippen LogP contribution is 2.27. The van der Waals surface area contributed by atoms with Crippen LogP contribution in [0.1, 0.15) is 11.1 Å². The second kappa shape index (κ2) is 6.42. The van der Waals surface area contributed by atoms with E-state index in [-0.39, 0.29) is 5.91 Å². The van der Waals surface area contributed by atoms with E-state index < -0.39 is 0 Å². The van der Waals surface area contributed by atoms with E-state index in [1.165, 1.54) is 5.56 Å². The van der Waals surface area contributed by atoms with Crippen molar-refractivity contribution in [3.8, 4) is 0 Å². The van der Waals surface area contributed by atoms with Crippen molar-refractivity contribution in [1.82, 2.24) is 15.6 Å². The summed E-state index contributed by atoms with van der Waals surface area (Å²) < 4.78 is 5.45. The summed E-state index contributed by atoms with van der Waals surface area (Å²) in [6.45, 7) is 4.95. The molecule has 1 aromatic heterocycles. The number of aromatic nitrogens is 1. The molecule has 6 nitrogen and oxygen atoms in total. The van der Waals surface area contributed by atoms with Crippen LogP contribution in [0.5, 0.6) is 0 Å². The molecular formula is C18H18N4O2S. The predicted octanol–water partition coefficient (Wildman–Crippen LogP) is 1.73. The van der Waals surface area contributed by atoms with E-state index in [0.717, 1.165) is 35.4 Å². The quantitative estimate of drug-likeness (QED) is 0.632. The molecule has 2 aliphatic rings. The Balaban J connectivity index is 1.85. The van der Waals surface area contributed by atoms with Gasteiger partial charge in [0, 0.05) is 24.0 Å². The van der Waals surface area contributed by atoms with E-state index in [0.29, 0.717) is 24.0 Å². The second-order valence-electron chi connectivity index (χ2n) is 6.16. The van der Waals surface area contributed by atoms with Gasteiger partial charge in [0.2, 0.25) is 0 Å². The first-order valence-electron chi connectivity index (χ1n) is 8.18. The molecule has 0 atom stereocenters. The molecule has 25 heavy (non-hydrogen) atoms. The monoisotopic (exact) mass is 354 g/mol. The fraction of sp³-hybridized carbons (Fsp3) is 0.278. The van der Waals surface area contributed by atoms with Crippen LogP contribution in [0.2, 0.25) is 0 Å². The highest BCUT2D eigenvalue weighted by molar-refractivity contribution is 7.80. The molecular weight excluding hydrogens is 336 g/mol. The Morgan fingerprint density at radius 1 is 1.24 bits per heavy atom. The number of aryl methyl sites for hydroxylation is 1. The lowest BCUT2D eigenvalue weighted by Crippen LogP contribution is -2.37. The molecule has 0 saturated carbocycles. The zero-order valence-electron chi connectivity index (χ0n) is 13.8. The van der Waals surface area contributed by atoms with Gasteiger partial charge in [0.25, 0.3) is 5.91 Å². The van der Waals surface area contributed by atoms with E-state index >= 15 is 0 Å². The molecule has 0 radical (unpaired) electrons. The van der Waals surface area contributed by atoms with Crippen LogP contribution in [-0.4, -0.2) is 42.3 Å². The number of amides is 1. The van der Waals surface area contributed by atoms with Crippen molar-refractivity contribution in [3.05, 3.63) is 41.1 Å².